The maximum Gasteiger partial charge on any atom is 0.303 e. The van der Waals surface area contributed by atoms with Crippen LogP contribution in [0.3, 0.4) is 0 Å². The third-order valence-corrected chi connectivity index (χ3v) is 3.37. The summed E-state index contributed by atoms with van der Waals surface area (Å²) in [6, 6.07) is 0. The summed E-state index contributed by atoms with van der Waals surface area (Å²) in [5, 5.41) is 8.33. The maximum atomic E-state index is 11.1. The number of rotatable bonds is 8. The standard InChI is InChI=1S/C9H16O4S/c1-2-7-14(12,13)8-5-3-4-6-9(10)11/h2H,1,3-8H2,(H,10,11). The number of unbranched alkanes of at least 4 members (excludes halogenated alkanes) is 2. The van der Waals surface area contributed by atoms with Crippen LogP contribution in [0.4, 0.5) is 0 Å². The van der Waals surface area contributed by atoms with Crippen molar-refractivity contribution >= 4 is 15.8 Å². The number of hydrogen-bond donors (Lipinski definition) is 1. The molecule has 0 aromatic carbocycles. The topological polar surface area (TPSA) is 71.4 Å². The summed E-state index contributed by atoms with van der Waals surface area (Å²) in [4.78, 5) is 10.1. The highest BCUT2D eigenvalue weighted by Gasteiger charge is 2.07. The molecule has 0 aromatic heterocycles. The van der Waals surface area contributed by atoms with Crippen molar-refractivity contribution < 1.29 is 18.3 Å². The molecule has 0 amide bonds. The molecule has 0 spiro atoms. The van der Waals surface area contributed by atoms with E-state index in [9.17, 15) is 13.2 Å². The van der Waals surface area contributed by atoms with E-state index in [4.69, 9.17) is 5.11 Å². The maximum absolute atomic E-state index is 11.1. The lowest BCUT2D eigenvalue weighted by atomic mass is 10.2. The van der Waals surface area contributed by atoms with Crippen molar-refractivity contribution in [3.05, 3.63) is 12.7 Å². The van der Waals surface area contributed by atoms with Crippen LogP contribution in [0.25, 0.3) is 0 Å². The van der Waals surface area contributed by atoms with E-state index >= 15 is 0 Å². The molecule has 0 bridgehead atoms. The molecule has 0 aliphatic rings. The molecule has 4 nitrogen and oxygen atoms in total. The molecule has 0 radical (unpaired) electrons. The summed E-state index contributed by atoms with van der Waals surface area (Å²) < 4.78 is 22.3. The Kier molecular flexibility index (Phi) is 6.19. The second-order valence-corrected chi connectivity index (χ2v) is 5.34. The second-order valence-electron chi connectivity index (χ2n) is 3.11. The van der Waals surface area contributed by atoms with Crippen LogP contribution in [0.5, 0.6) is 0 Å². The summed E-state index contributed by atoms with van der Waals surface area (Å²) in [5.41, 5.74) is 0. The monoisotopic (exact) mass is 220 g/mol. The normalized spacial score (nSPS) is 11.1. The van der Waals surface area contributed by atoms with E-state index in [0.29, 0.717) is 19.3 Å². The molecule has 0 aliphatic heterocycles. The van der Waals surface area contributed by atoms with Gasteiger partial charge in [0.1, 0.15) is 0 Å². The molecule has 0 saturated heterocycles. The van der Waals surface area contributed by atoms with Gasteiger partial charge in [0.2, 0.25) is 0 Å². The molecule has 0 heterocycles. The minimum Gasteiger partial charge on any atom is -0.481 e. The third-order valence-electron chi connectivity index (χ3n) is 1.72. The molecule has 14 heavy (non-hydrogen) atoms. The molecular weight excluding hydrogens is 204 g/mol. The van der Waals surface area contributed by atoms with Gasteiger partial charge >= 0.3 is 5.97 Å². The fraction of sp³-hybridized carbons (Fsp3) is 0.667. The molecule has 0 unspecified atom stereocenters. The second kappa shape index (κ2) is 6.59. The molecule has 0 rings (SSSR count). The van der Waals surface area contributed by atoms with Crippen molar-refractivity contribution in [1.29, 1.82) is 0 Å². The van der Waals surface area contributed by atoms with Gasteiger partial charge in [-0.1, -0.05) is 12.5 Å². The van der Waals surface area contributed by atoms with Crippen molar-refractivity contribution in [3.63, 3.8) is 0 Å². The van der Waals surface area contributed by atoms with Crippen molar-refractivity contribution in [2.45, 2.75) is 25.7 Å². The quantitative estimate of drug-likeness (QED) is 0.493. The summed E-state index contributed by atoms with van der Waals surface area (Å²) in [5.74, 6) is -0.705. The smallest absolute Gasteiger partial charge is 0.303 e. The van der Waals surface area contributed by atoms with Gasteiger partial charge in [0, 0.05) is 6.42 Å². The first-order valence-electron chi connectivity index (χ1n) is 4.51. The van der Waals surface area contributed by atoms with E-state index in [0.717, 1.165) is 0 Å². The van der Waals surface area contributed by atoms with Crippen molar-refractivity contribution in [3.8, 4) is 0 Å². The van der Waals surface area contributed by atoms with Crippen LogP contribution in [-0.2, 0) is 14.6 Å². The molecule has 0 aromatic rings. The number of sulfone groups is 1. The average Bonchev–Trinajstić information content (AvgIpc) is 2.02. The zero-order chi connectivity index (χ0) is 11.0. The van der Waals surface area contributed by atoms with E-state index in [1.54, 1.807) is 0 Å². The zero-order valence-electron chi connectivity index (χ0n) is 8.11. The van der Waals surface area contributed by atoms with Gasteiger partial charge in [-0.25, -0.2) is 8.42 Å². The lowest BCUT2D eigenvalue weighted by molar-refractivity contribution is -0.137. The van der Waals surface area contributed by atoms with E-state index in [1.807, 2.05) is 0 Å². The van der Waals surface area contributed by atoms with Crippen molar-refractivity contribution in [2.75, 3.05) is 11.5 Å². The third kappa shape index (κ3) is 7.79. The Labute approximate surface area is 84.6 Å². The lowest BCUT2D eigenvalue weighted by Gasteiger charge is -2.00. The number of hydrogen-bond acceptors (Lipinski definition) is 3. The SMILES string of the molecule is C=CCS(=O)(=O)CCCCCC(=O)O. The highest BCUT2D eigenvalue weighted by Crippen LogP contribution is 2.03. The Hall–Kier alpha value is -0.840. The molecule has 5 heteroatoms. The van der Waals surface area contributed by atoms with E-state index in [1.165, 1.54) is 6.08 Å². The summed E-state index contributed by atoms with van der Waals surface area (Å²) in [6.07, 6.45) is 3.19. The van der Waals surface area contributed by atoms with Crippen molar-refractivity contribution in [1.82, 2.24) is 0 Å². The van der Waals surface area contributed by atoms with Gasteiger partial charge in [-0.15, -0.1) is 6.58 Å². The average molecular weight is 220 g/mol. The van der Waals surface area contributed by atoms with Crippen LogP contribution >= 0.6 is 0 Å². The molecule has 82 valence electrons. The molecule has 0 atom stereocenters. The first-order chi connectivity index (χ1) is 6.48. The van der Waals surface area contributed by atoms with Crippen LogP contribution < -0.4 is 0 Å². The molecule has 0 fully saturated rings. The summed E-state index contributed by atoms with van der Waals surface area (Å²) >= 11 is 0. The molecule has 0 saturated carbocycles. The Morgan fingerprint density at radius 2 is 1.93 bits per heavy atom. The van der Waals surface area contributed by atoms with Gasteiger partial charge < -0.3 is 5.11 Å². The van der Waals surface area contributed by atoms with Gasteiger partial charge in [-0.2, -0.15) is 0 Å². The van der Waals surface area contributed by atoms with Crippen molar-refractivity contribution in [2.24, 2.45) is 0 Å². The number of carboxylic acids is 1. The molecular formula is C9H16O4S. The van der Waals surface area contributed by atoms with Crippen LogP contribution in [0, 0.1) is 0 Å². The minimum atomic E-state index is -3.00. The zero-order valence-corrected chi connectivity index (χ0v) is 8.92. The van der Waals surface area contributed by atoms with Crippen LogP contribution in [0.15, 0.2) is 12.7 Å². The minimum absolute atomic E-state index is 0.00588. The fourth-order valence-electron chi connectivity index (χ4n) is 1.04. The van der Waals surface area contributed by atoms with E-state index in [-0.39, 0.29) is 17.9 Å². The molecule has 1 N–H and O–H groups in total. The van der Waals surface area contributed by atoms with Gasteiger partial charge in [-0.05, 0) is 12.8 Å². The Morgan fingerprint density at radius 1 is 1.29 bits per heavy atom. The first-order valence-corrected chi connectivity index (χ1v) is 6.33. The predicted octanol–water partition coefficient (Wildman–Crippen LogP) is 1.23. The van der Waals surface area contributed by atoms with Crippen LogP contribution in [0.2, 0.25) is 0 Å². The Balaban J connectivity index is 3.54. The molecule has 0 aliphatic carbocycles. The Bertz CT molecular complexity index is 279. The van der Waals surface area contributed by atoms with Gasteiger partial charge in [0.15, 0.2) is 9.84 Å². The number of aliphatic carboxylic acids is 1. The first kappa shape index (κ1) is 13.2. The highest BCUT2D eigenvalue weighted by molar-refractivity contribution is 7.91. The summed E-state index contributed by atoms with van der Waals surface area (Å²) in [6.45, 7) is 3.36. The van der Waals surface area contributed by atoms with Gasteiger partial charge in [0.05, 0.1) is 11.5 Å². The van der Waals surface area contributed by atoms with E-state index in [2.05, 4.69) is 6.58 Å². The predicted molar refractivity (Wildman–Crippen MR) is 55.0 cm³/mol. The number of carboxylic acid groups (broad SMARTS) is 1. The lowest BCUT2D eigenvalue weighted by Crippen LogP contribution is -2.09. The van der Waals surface area contributed by atoms with E-state index < -0.39 is 15.8 Å². The van der Waals surface area contributed by atoms with Gasteiger partial charge in [-0.3, -0.25) is 4.79 Å². The highest BCUT2D eigenvalue weighted by atomic mass is 32.2. The number of carbonyl (C=O) groups is 1. The van der Waals surface area contributed by atoms with Crippen LogP contribution in [0.1, 0.15) is 25.7 Å². The van der Waals surface area contributed by atoms with Gasteiger partial charge in [0.25, 0.3) is 0 Å². The largest absolute Gasteiger partial charge is 0.481 e. The fourth-order valence-corrected chi connectivity index (χ4v) is 2.21. The summed E-state index contributed by atoms with van der Waals surface area (Å²) in [7, 11) is -3.00. The van der Waals surface area contributed by atoms with Crippen LogP contribution in [-0.4, -0.2) is 31.0 Å². The Morgan fingerprint density at radius 3 is 2.43 bits per heavy atom.